The van der Waals surface area contributed by atoms with E-state index in [2.05, 4.69) is 14.7 Å². The Kier molecular flexibility index (Phi) is 2.93. The van der Waals surface area contributed by atoms with E-state index in [-0.39, 0.29) is 0 Å². The van der Waals surface area contributed by atoms with Crippen LogP contribution in [0.1, 0.15) is 19.3 Å². The molecule has 1 unspecified atom stereocenters. The normalized spacial score (nSPS) is 29.7. The molecule has 1 N–H and O–H groups in total. The molecule has 0 amide bonds. The minimum Gasteiger partial charge on any atom is -0.249 e. The monoisotopic (exact) mass is 134 g/mol. The fraction of sp³-hybridized carbons (Fsp3) is 1.00. The quantitative estimate of drug-likeness (QED) is 0.428. The van der Waals surface area contributed by atoms with Gasteiger partial charge in [-0.25, -0.2) is 19.9 Å². The maximum Gasteiger partial charge on any atom is 0.224 e. The van der Waals surface area contributed by atoms with Crippen LogP contribution in [0.4, 0.5) is 0 Å². The Hall–Kier alpha value is -0.160. The number of rotatable bonds is 1. The van der Waals surface area contributed by atoms with Crippen molar-refractivity contribution in [3.05, 3.63) is 0 Å². The second-order valence-electron chi connectivity index (χ2n) is 1.95. The fourth-order valence-electron chi connectivity index (χ4n) is 0.714. The number of hydrogen-bond donors (Lipinski definition) is 1. The summed E-state index contributed by atoms with van der Waals surface area (Å²) < 4.78 is 0. The molecule has 1 rings (SSSR count). The summed E-state index contributed by atoms with van der Waals surface area (Å²) in [4.78, 5) is 13.1. The molecule has 0 aromatic heterocycles. The van der Waals surface area contributed by atoms with Gasteiger partial charge in [0.2, 0.25) is 6.29 Å². The zero-order chi connectivity index (χ0) is 6.53. The Balaban J connectivity index is 2.18. The first-order valence-corrected chi connectivity index (χ1v) is 3.02. The molecular weight excluding hydrogens is 124 g/mol. The molecule has 0 saturated carbocycles. The molecule has 1 fully saturated rings. The van der Waals surface area contributed by atoms with Crippen LogP contribution in [0.25, 0.3) is 0 Å². The van der Waals surface area contributed by atoms with Crippen LogP contribution < -0.4 is 0 Å². The highest BCUT2D eigenvalue weighted by Gasteiger charge is 2.12. The topological polar surface area (TPSA) is 47.9 Å². The highest BCUT2D eigenvalue weighted by molar-refractivity contribution is 4.45. The summed E-state index contributed by atoms with van der Waals surface area (Å²) in [5.41, 5.74) is 0. The summed E-state index contributed by atoms with van der Waals surface area (Å²) in [6.07, 6.45) is 2.02. The van der Waals surface area contributed by atoms with E-state index < -0.39 is 6.29 Å². The zero-order valence-electron chi connectivity index (χ0n) is 5.08. The van der Waals surface area contributed by atoms with Crippen molar-refractivity contribution in [3.63, 3.8) is 0 Å². The molecule has 54 valence electrons. The molecule has 0 aromatic rings. The number of hydrogen-bond acceptors (Lipinski definition) is 4. The van der Waals surface area contributed by atoms with Crippen LogP contribution >= 0.6 is 0 Å². The third-order valence-electron chi connectivity index (χ3n) is 1.21. The molecule has 1 aliphatic rings. The molecule has 1 aliphatic heterocycles. The highest BCUT2D eigenvalue weighted by atomic mass is 17.3. The van der Waals surface area contributed by atoms with Crippen molar-refractivity contribution < 1.29 is 19.9 Å². The van der Waals surface area contributed by atoms with Gasteiger partial charge in [0.05, 0.1) is 6.61 Å². The van der Waals surface area contributed by atoms with Crippen LogP contribution in [0.3, 0.4) is 0 Å². The summed E-state index contributed by atoms with van der Waals surface area (Å²) in [7, 11) is 0. The average molecular weight is 134 g/mol. The molecule has 9 heavy (non-hydrogen) atoms. The SMILES string of the molecule is OOC1CCCCOO1. The van der Waals surface area contributed by atoms with Gasteiger partial charge in [-0.2, -0.15) is 0 Å². The van der Waals surface area contributed by atoms with Crippen molar-refractivity contribution in [3.8, 4) is 0 Å². The summed E-state index contributed by atoms with van der Waals surface area (Å²) in [6.45, 7) is 0.583. The van der Waals surface area contributed by atoms with Gasteiger partial charge in [-0.1, -0.05) is 0 Å². The van der Waals surface area contributed by atoms with Gasteiger partial charge in [0, 0.05) is 6.42 Å². The van der Waals surface area contributed by atoms with E-state index in [1.54, 1.807) is 0 Å². The Morgan fingerprint density at radius 1 is 1.44 bits per heavy atom. The van der Waals surface area contributed by atoms with Crippen LogP contribution in [0, 0.1) is 0 Å². The summed E-state index contributed by atoms with van der Waals surface area (Å²) >= 11 is 0. The van der Waals surface area contributed by atoms with E-state index in [9.17, 15) is 0 Å². The van der Waals surface area contributed by atoms with Crippen molar-refractivity contribution in [1.29, 1.82) is 0 Å². The maximum atomic E-state index is 8.11. The van der Waals surface area contributed by atoms with Gasteiger partial charge in [0.1, 0.15) is 0 Å². The zero-order valence-corrected chi connectivity index (χ0v) is 5.08. The van der Waals surface area contributed by atoms with Gasteiger partial charge in [-0.15, -0.1) is 0 Å². The highest BCUT2D eigenvalue weighted by Crippen LogP contribution is 2.10. The lowest BCUT2D eigenvalue weighted by atomic mass is 10.2. The first-order valence-electron chi connectivity index (χ1n) is 3.02. The standard InChI is InChI=1S/C5H10O4/c6-8-5-3-1-2-4-7-9-5/h5-6H,1-4H2. The lowest BCUT2D eigenvalue weighted by molar-refractivity contribution is -0.443. The fourth-order valence-corrected chi connectivity index (χ4v) is 0.714. The predicted molar refractivity (Wildman–Crippen MR) is 28.4 cm³/mol. The summed E-state index contributed by atoms with van der Waals surface area (Å²) in [6, 6.07) is 0. The predicted octanol–water partition coefficient (Wildman–Crippen LogP) is 0.934. The first-order chi connectivity index (χ1) is 4.43. The second-order valence-corrected chi connectivity index (χ2v) is 1.95. The molecule has 1 saturated heterocycles. The lowest BCUT2D eigenvalue weighted by Gasteiger charge is -2.06. The van der Waals surface area contributed by atoms with E-state index in [1.165, 1.54) is 0 Å². The minimum absolute atomic E-state index is 0.583. The van der Waals surface area contributed by atoms with Crippen LogP contribution in [-0.2, 0) is 14.7 Å². The average Bonchev–Trinajstić information content (AvgIpc) is 2.13. The van der Waals surface area contributed by atoms with E-state index in [4.69, 9.17) is 5.26 Å². The second kappa shape index (κ2) is 3.79. The van der Waals surface area contributed by atoms with Gasteiger partial charge in [-0.3, -0.25) is 0 Å². The van der Waals surface area contributed by atoms with Gasteiger partial charge in [0.25, 0.3) is 0 Å². The van der Waals surface area contributed by atoms with Crippen molar-refractivity contribution in [2.45, 2.75) is 25.6 Å². The van der Waals surface area contributed by atoms with Crippen molar-refractivity contribution in [2.75, 3.05) is 6.61 Å². The van der Waals surface area contributed by atoms with Crippen molar-refractivity contribution in [2.24, 2.45) is 0 Å². The minimum atomic E-state index is -0.590. The Morgan fingerprint density at radius 2 is 2.33 bits per heavy atom. The van der Waals surface area contributed by atoms with Crippen molar-refractivity contribution >= 4 is 0 Å². The summed E-state index contributed by atoms with van der Waals surface area (Å²) in [5.74, 6) is 0. The molecule has 0 radical (unpaired) electrons. The molecule has 1 heterocycles. The van der Waals surface area contributed by atoms with Crippen LogP contribution in [0.5, 0.6) is 0 Å². The van der Waals surface area contributed by atoms with Gasteiger partial charge >= 0.3 is 0 Å². The van der Waals surface area contributed by atoms with E-state index >= 15 is 0 Å². The van der Waals surface area contributed by atoms with Crippen LogP contribution in [-0.4, -0.2) is 18.2 Å². The van der Waals surface area contributed by atoms with Crippen molar-refractivity contribution in [1.82, 2.24) is 0 Å². The molecule has 4 nitrogen and oxygen atoms in total. The molecule has 1 atom stereocenters. The first kappa shape index (κ1) is 6.95. The molecule has 0 bridgehead atoms. The molecule has 0 spiro atoms. The Bertz CT molecular complexity index is 67.4. The van der Waals surface area contributed by atoms with E-state index in [1.807, 2.05) is 0 Å². The van der Waals surface area contributed by atoms with Crippen LogP contribution in [0.2, 0.25) is 0 Å². The third kappa shape index (κ3) is 2.28. The molecule has 0 aromatic carbocycles. The van der Waals surface area contributed by atoms with Gasteiger partial charge < -0.3 is 0 Å². The smallest absolute Gasteiger partial charge is 0.224 e. The van der Waals surface area contributed by atoms with Gasteiger partial charge in [0.15, 0.2) is 0 Å². The Labute approximate surface area is 53.2 Å². The van der Waals surface area contributed by atoms with Crippen LogP contribution in [0.15, 0.2) is 0 Å². The molecular formula is C5H10O4. The largest absolute Gasteiger partial charge is 0.249 e. The lowest BCUT2D eigenvalue weighted by Crippen LogP contribution is -2.12. The Morgan fingerprint density at radius 3 is 3.11 bits per heavy atom. The van der Waals surface area contributed by atoms with Gasteiger partial charge in [-0.05, 0) is 12.8 Å². The molecule has 4 heteroatoms. The third-order valence-corrected chi connectivity index (χ3v) is 1.21. The van der Waals surface area contributed by atoms with E-state index in [0.29, 0.717) is 13.0 Å². The summed E-state index contributed by atoms with van der Waals surface area (Å²) in [5, 5.41) is 8.11. The maximum absolute atomic E-state index is 8.11. The van der Waals surface area contributed by atoms with E-state index in [0.717, 1.165) is 12.8 Å². The molecule has 0 aliphatic carbocycles.